The van der Waals surface area contributed by atoms with Gasteiger partial charge in [0.05, 0.1) is 12.3 Å². The minimum absolute atomic E-state index is 0.204. The zero-order valence-electron chi connectivity index (χ0n) is 7.98. The Morgan fingerprint density at radius 1 is 1.67 bits per heavy atom. The molecule has 5 nitrogen and oxygen atoms in total. The lowest BCUT2D eigenvalue weighted by molar-refractivity contribution is -0.135. The van der Waals surface area contributed by atoms with Gasteiger partial charge in [-0.15, -0.1) is 0 Å². The van der Waals surface area contributed by atoms with Gasteiger partial charge in [0.25, 0.3) is 0 Å². The van der Waals surface area contributed by atoms with Gasteiger partial charge in [-0.25, -0.2) is 4.79 Å². The van der Waals surface area contributed by atoms with Crippen molar-refractivity contribution in [3.63, 3.8) is 0 Å². The zero-order chi connectivity index (χ0) is 11.3. The number of nitrogens with zero attached hydrogens (tertiary/aromatic N) is 2. The summed E-state index contributed by atoms with van der Waals surface area (Å²) in [6.45, 7) is 1.89. The minimum Gasteiger partial charge on any atom is -0.461 e. The summed E-state index contributed by atoms with van der Waals surface area (Å²) >= 11 is 3.20. The van der Waals surface area contributed by atoms with E-state index in [2.05, 4.69) is 26.1 Å². The van der Waals surface area contributed by atoms with Crippen molar-refractivity contribution in [1.82, 2.24) is 4.98 Å². The fraction of sp³-hybridized carbons (Fsp3) is 0.222. The SMILES string of the molecule is CCOC(=O)/C(=N\O)c1ccc(Br)cn1. The van der Waals surface area contributed by atoms with Crippen LogP contribution in [0.25, 0.3) is 0 Å². The molecule has 0 unspecified atom stereocenters. The third kappa shape index (κ3) is 3.02. The number of ether oxygens (including phenoxy) is 1. The quantitative estimate of drug-likeness (QED) is 0.393. The Kier molecular flexibility index (Phi) is 4.23. The molecule has 1 aromatic rings. The van der Waals surface area contributed by atoms with Crippen LogP contribution in [-0.4, -0.2) is 28.5 Å². The predicted molar refractivity (Wildman–Crippen MR) is 56.9 cm³/mol. The molecule has 0 aliphatic carbocycles. The second-order valence-corrected chi connectivity index (χ2v) is 3.45. The van der Waals surface area contributed by atoms with E-state index in [1.54, 1.807) is 19.1 Å². The lowest BCUT2D eigenvalue weighted by atomic mass is 10.2. The van der Waals surface area contributed by atoms with E-state index < -0.39 is 5.97 Å². The van der Waals surface area contributed by atoms with Crippen LogP contribution < -0.4 is 0 Å². The molecule has 6 heteroatoms. The summed E-state index contributed by atoms with van der Waals surface area (Å²) in [6, 6.07) is 3.24. The topological polar surface area (TPSA) is 71.8 Å². The van der Waals surface area contributed by atoms with Gasteiger partial charge < -0.3 is 9.94 Å². The lowest BCUT2D eigenvalue weighted by Gasteiger charge is -2.02. The number of hydrogen-bond acceptors (Lipinski definition) is 5. The standard InChI is InChI=1S/C9H9BrN2O3/c1-2-15-9(13)8(12-14)7-4-3-6(10)5-11-7/h3-5,14H,2H2,1H3/b12-8-. The van der Waals surface area contributed by atoms with E-state index in [-0.39, 0.29) is 18.0 Å². The highest BCUT2D eigenvalue weighted by Gasteiger charge is 2.17. The molecule has 0 aliphatic rings. The van der Waals surface area contributed by atoms with Crippen molar-refractivity contribution >= 4 is 27.6 Å². The Labute approximate surface area is 94.9 Å². The maximum atomic E-state index is 11.3. The molecule has 0 radical (unpaired) electrons. The number of rotatable bonds is 3. The molecule has 1 aromatic heterocycles. The van der Waals surface area contributed by atoms with Crippen LogP contribution in [0.1, 0.15) is 12.6 Å². The smallest absolute Gasteiger partial charge is 0.362 e. The van der Waals surface area contributed by atoms with E-state index in [0.29, 0.717) is 0 Å². The van der Waals surface area contributed by atoms with Gasteiger partial charge in [0, 0.05) is 10.7 Å². The number of pyridine rings is 1. The summed E-state index contributed by atoms with van der Waals surface area (Å²) in [5, 5.41) is 11.6. The van der Waals surface area contributed by atoms with Crippen molar-refractivity contribution in [2.24, 2.45) is 5.16 Å². The molecule has 0 saturated carbocycles. The highest BCUT2D eigenvalue weighted by atomic mass is 79.9. The van der Waals surface area contributed by atoms with Gasteiger partial charge in [-0.3, -0.25) is 4.98 Å². The summed E-state index contributed by atoms with van der Waals surface area (Å²) in [6.07, 6.45) is 1.50. The monoisotopic (exact) mass is 272 g/mol. The van der Waals surface area contributed by atoms with E-state index in [9.17, 15) is 4.79 Å². The first-order chi connectivity index (χ1) is 7.19. The van der Waals surface area contributed by atoms with Crippen molar-refractivity contribution in [3.05, 3.63) is 28.5 Å². The van der Waals surface area contributed by atoms with Crippen molar-refractivity contribution in [3.8, 4) is 0 Å². The second-order valence-electron chi connectivity index (χ2n) is 2.53. The first kappa shape index (κ1) is 11.6. The average molecular weight is 273 g/mol. The van der Waals surface area contributed by atoms with Gasteiger partial charge in [-0.2, -0.15) is 0 Å². The molecule has 0 saturated heterocycles. The molecule has 0 amide bonds. The summed E-state index contributed by atoms with van der Waals surface area (Å²) in [5.74, 6) is -0.699. The number of aromatic nitrogens is 1. The van der Waals surface area contributed by atoms with Gasteiger partial charge in [0.1, 0.15) is 0 Å². The van der Waals surface area contributed by atoms with E-state index in [1.807, 2.05) is 0 Å². The van der Waals surface area contributed by atoms with E-state index in [4.69, 9.17) is 9.94 Å². The van der Waals surface area contributed by atoms with Crippen LogP contribution in [0.2, 0.25) is 0 Å². The molecule has 1 rings (SSSR count). The summed E-state index contributed by atoms with van der Waals surface area (Å²) < 4.78 is 5.47. The third-order valence-electron chi connectivity index (χ3n) is 1.54. The van der Waals surface area contributed by atoms with E-state index >= 15 is 0 Å². The number of esters is 1. The predicted octanol–water partition coefficient (Wildman–Crippen LogP) is 1.59. The summed E-state index contributed by atoms with van der Waals surface area (Å²) in [7, 11) is 0. The lowest BCUT2D eigenvalue weighted by Crippen LogP contribution is -2.19. The highest BCUT2D eigenvalue weighted by Crippen LogP contribution is 2.08. The molecule has 0 aliphatic heterocycles. The number of carbonyl (C=O) groups is 1. The Bertz CT molecular complexity index is 375. The number of carbonyl (C=O) groups excluding carboxylic acids is 1. The van der Waals surface area contributed by atoms with Crippen molar-refractivity contribution in [1.29, 1.82) is 0 Å². The van der Waals surface area contributed by atoms with Gasteiger partial charge in [-0.05, 0) is 35.0 Å². The Morgan fingerprint density at radius 3 is 2.87 bits per heavy atom. The number of hydrogen-bond donors (Lipinski definition) is 1. The van der Waals surface area contributed by atoms with Crippen LogP contribution >= 0.6 is 15.9 Å². The molecule has 1 heterocycles. The van der Waals surface area contributed by atoms with E-state index in [0.717, 1.165) is 4.47 Å². The average Bonchev–Trinajstić information content (AvgIpc) is 2.22. The maximum Gasteiger partial charge on any atom is 0.362 e. The molecule has 0 atom stereocenters. The summed E-state index contributed by atoms with van der Waals surface area (Å²) in [4.78, 5) is 15.2. The maximum absolute atomic E-state index is 11.3. The van der Waals surface area contributed by atoms with Gasteiger partial charge in [-0.1, -0.05) is 5.16 Å². The normalized spacial score (nSPS) is 11.2. The van der Waals surface area contributed by atoms with Crippen molar-refractivity contribution in [2.75, 3.05) is 6.61 Å². The molecule has 0 fully saturated rings. The minimum atomic E-state index is -0.699. The molecular weight excluding hydrogens is 264 g/mol. The highest BCUT2D eigenvalue weighted by molar-refractivity contribution is 9.10. The Hall–Kier alpha value is -1.43. The van der Waals surface area contributed by atoms with Gasteiger partial charge >= 0.3 is 5.97 Å². The first-order valence-electron chi connectivity index (χ1n) is 4.20. The van der Waals surface area contributed by atoms with Crippen LogP contribution in [0.4, 0.5) is 0 Å². The Morgan fingerprint density at radius 2 is 2.40 bits per heavy atom. The number of oxime groups is 1. The van der Waals surface area contributed by atoms with Crippen LogP contribution in [0.15, 0.2) is 28.0 Å². The van der Waals surface area contributed by atoms with Crippen LogP contribution in [-0.2, 0) is 9.53 Å². The Balaban J connectivity index is 2.94. The molecule has 1 N–H and O–H groups in total. The molecule has 0 aromatic carbocycles. The van der Waals surface area contributed by atoms with Gasteiger partial charge in [0.2, 0.25) is 5.71 Å². The van der Waals surface area contributed by atoms with Crippen LogP contribution in [0, 0.1) is 0 Å². The number of halogens is 1. The van der Waals surface area contributed by atoms with Gasteiger partial charge in [0.15, 0.2) is 0 Å². The molecule has 15 heavy (non-hydrogen) atoms. The first-order valence-corrected chi connectivity index (χ1v) is 4.99. The second kappa shape index (κ2) is 5.45. The fourth-order valence-corrected chi connectivity index (χ4v) is 1.15. The molecular formula is C9H9BrN2O3. The molecule has 80 valence electrons. The van der Waals surface area contributed by atoms with Crippen LogP contribution in [0.5, 0.6) is 0 Å². The summed E-state index contributed by atoms with van der Waals surface area (Å²) in [5.41, 5.74) is 0.0588. The van der Waals surface area contributed by atoms with Crippen LogP contribution in [0.3, 0.4) is 0 Å². The largest absolute Gasteiger partial charge is 0.461 e. The third-order valence-corrected chi connectivity index (χ3v) is 2.01. The van der Waals surface area contributed by atoms with E-state index in [1.165, 1.54) is 6.20 Å². The molecule has 0 bridgehead atoms. The fourth-order valence-electron chi connectivity index (χ4n) is 0.912. The molecule has 0 spiro atoms. The van der Waals surface area contributed by atoms with Crippen molar-refractivity contribution in [2.45, 2.75) is 6.92 Å². The van der Waals surface area contributed by atoms with Crippen molar-refractivity contribution < 1.29 is 14.7 Å². The zero-order valence-corrected chi connectivity index (χ0v) is 9.56.